The first kappa shape index (κ1) is 22.5. The van der Waals surface area contributed by atoms with E-state index in [1.165, 1.54) is 18.8 Å². The first-order valence-corrected chi connectivity index (χ1v) is 10.4. The second kappa shape index (κ2) is 11.3. The Hall–Kier alpha value is -1.80. The Labute approximate surface area is 168 Å². The third-order valence-electron chi connectivity index (χ3n) is 5.02. The number of anilines is 1. The van der Waals surface area contributed by atoms with Crippen LogP contribution in [0.3, 0.4) is 0 Å². The Morgan fingerprint density at radius 1 is 1.00 bits per heavy atom. The van der Waals surface area contributed by atoms with Crippen LogP contribution in [-0.2, 0) is 4.79 Å². The molecule has 8 heteroatoms. The predicted octanol–water partition coefficient (Wildman–Crippen LogP) is 1.71. The van der Waals surface area contributed by atoms with E-state index in [0.717, 1.165) is 52.4 Å². The molecule has 3 rings (SSSR count). The van der Waals surface area contributed by atoms with Gasteiger partial charge in [0.1, 0.15) is 0 Å². The zero-order valence-corrected chi connectivity index (χ0v) is 17.8. The molecule has 0 bridgehead atoms. The van der Waals surface area contributed by atoms with Crippen LogP contribution in [0, 0.1) is 5.82 Å². The molecule has 28 heavy (non-hydrogen) atoms. The van der Waals surface area contributed by atoms with Crippen molar-refractivity contribution in [3.8, 4) is 0 Å². The number of carbonyl (C=O) groups is 1. The van der Waals surface area contributed by atoms with Crippen molar-refractivity contribution in [3.63, 3.8) is 0 Å². The van der Waals surface area contributed by atoms with Crippen molar-refractivity contribution >= 4 is 11.9 Å². The Bertz CT molecular complexity index is 581. The van der Waals surface area contributed by atoms with E-state index in [4.69, 9.17) is 0 Å². The van der Waals surface area contributed by atoms with Gasteiger partial charge in [0, 0.05) is 58.4 Å². The molecule has 158 valence electrons. The predicted molar refractivity (Wildman–Crippen MR) is 110 cm³/mol. The summed E-state index contributed by atoms with van der Waals surface area (Å²) in [7, 11) is 0. The lowest BCUT2D eigenvalue weighted by Crippen LogP contribution is -2.54. The lowest BCUT2D eigenvalue weighted by Gasteiger charge is -2.39. The van der Waals surface area contributed by atoms with Crippen molar-refractivity contribution in [2.24, 2.45) is 0 Å². The summed E-state index contributed by atoms with van der Waals surface area (Å²) in [4.78, 5) is 29.2. The molecule has 7 nitrogen and oxygen atoms in total. The summed E-state index contributed by atoms with van der Waals surface area (Å²) in [5.74, 6) is 0.345. The maximum atomic E-state index is 12.9. The number of nitrogens with zero attached hydrogens (tertiary/aromatic N) is 6. The highest BCUT2D eigenvalue weighted by Crippen LogP contribution is 2.11. The summed E-state index contributed by atoms with van der Waals surface area (Å²) in [6.45, 7) is 15.7. The zero-order chi connectivity index (χ0) is 20.5. The molecule has 2 aliphatic rings. The lowest BCUT2D eigenvalue weighted by atomic mass is 10.2. The van der Waals surface area contributed by atoms with E-state index in [0.29, 0.717) is 18.5 Å². The average molecular weight is 395 g/mol. The van der Waals surface area contributed by atoms with Crippen LogP contribution in [0.25, 0.3) is 0 Å². The van der Waals surface area contributed by atoms with Gasteiger partial charge >= 0.3 is 0 Å². The number of carbonyl (C=O) groups excluding carboxylic acids is 1. The minimum atomic E-state index is -0.425. The van der Waals surface area contributed by atoms with Crippen LogP contribution in [0.15, 0.2) is 12.4 Å². The summed E-state index contributed by atoms with van der Waals surface area (Å²) in [6.07, 6.45) is 3.63. The zero-order valence-electron chi connectivity index (χ0n) is 17.8. The van der Waals surface area contributed by atoms with E-state index in [-0.39, 0.29) is 5.91 Å². The van der Waals surface area contributed by atoms with E-state index >= 15 is 0 Å². The molecule has 1 aromatic rings. The molecule has 2 aliphatic heterocycles. The molecule has 0 radical (unpaired) electrons. The number of piperazine rings is 2. The monoisotopic (exact) mass is 394 g/mol. The Morgan fingerprint density at radius 2 is 1.54 bits per heavy atom. The summed E-state index contributed by atoms with van der Waals surface area (Å²) in [5, 5.41) is 0. The highest BCUT2D eigenvalue weighted by molar-refractivity contribution is 5.78. The highest BCUT2D eigenvalue weighted by Gasteiger charge is 2.25. The topological polar surface area (TPSA) is 55.8 Å². The van der Waals surface area contributed by atoms with Crippen LogP contribution in [0.2, 0.25) is 0 Å². The average Bonchev–Trinajstić information content (AvgIpc) is 2.70. The van der Waals surface area contributed by atoms with Crippen LogP contribution in [0.5, 0.6) is 0 Å². The van der Waals surface area contributed by atoms with Crippen molar-refractivity contribution in [3.05, 3.63) is 18.2 Å². The number of halogens is 1. The van der Waals surface area contributed by atoms with Crippen molar-refractivity contribution in [1.29, 1.82) is 0 Å². The first-order chi connectivity index (χ1) is 13.4. The molecule has 1 aromatic heterocycles. The Morgan fingerprint density at radius 3 is 2.04 bits per heavy atom. The molecule has 0 unspecified atom stereocenters. The summed E-state index contributed by atoms with van der Waals surface area (Å²) in [6, 6.07) is 0.541. The van der Waals surface area contributed by atoms with Gasteiger partial charge in [-0.2, -0.15) is 0 Å². The van der Waals surface area contributed by atoms with Crippen molar-refractivity contribution < 1.29 is 9.18 Å². The van der Waals surface area contributed by atoms with Gasteiger partial charge in [-0.15, -0.1) is 0 Å². The van der Waals surface area contributed by atoms with Crippen LogP contribution in [0.1, 0.15) is 34.1 Å². The smallest absolute Gasteiger partial charge is 0.236 e. The van der Waals surface area contributed by atoms with E-state index in [2.05, 4.69) is 47.5 Å². The minimum absolute atomic E-state index is 0.217. The third kappa shape index (κ3) is 6.67. The molecule has 2 saturated heterocycles. The summed E-state index contributed by atoms with van der Waals surface area (Å²) >= 11 is 0. The number of amides is 1. The van der Waals surface area contributed by atoms with E-state index < -0.39 is 5.82 Å². The minimum Gasteiger partial charge on any atom is -0.339 e. The summed E-state index contributed by atoms with van der Waals surface area (Å²) < 4.78 is 12.9. The fraction of sp³-hybridized carbons (Fsp3) is 0.750. The van der Waals surface area contributed by atoms with Crippen LogP contribution in [-0.4, -0.2) is 95.5 Å². The fourth-order valence-corrected chi connectivity index (χ4v) is 3.35. The van der Waals surface area contributed by atoms with Gasteiger partial charge < -0.3 is 9.80 Å². The van der Waals surface area contributed by atoms with E-state index in [1.807, 2.05) is 9.80 Å². The van der Waals surface area contributed by atoms with E-state index in [9.17, 15) is 9.18 Å². The molecular formula is C20H35FN6O. The molecule has 0 aliphatic carbocycles. The number of rotatable bonds is 4. The molecular weight excluding hydrogens is 359 g/mol. The van der Waals surface area contributed by atoms with Crippen LogP contribution < -0.4 is 4.90 Å². The molecule has 0 spiro atoms. The van der Waals surface area contributed by atoms with Gasteiger partial charge in [0.25, 0.3) is 0 Å². The third-order valence-corrected chi connectivity index (χ3v) is 5.02. The fourth-order valence-electron chi connectivity index (χ4n) is 3.35. The number of hydrogen-bond acceptors (Lipinski definition) is 6. The molecule has 3 heterocycles. The molecule has 2 fully saturated rings. The largest absolute Gasteiger partial charge is 0.339 e. The highest BCUT2D eigenvalue weighted by atomic mass is 19.1. The maximum Gasteiger partial charge on any atom is 0.236 e. The van der Waals surface area contributed by atoms with Gasteiger partial charge in [-0.05, 0) is 13.8 Å². The number of aromatic nitrogens is 2. The Balaban J connectivity index is 0.000000878. The summed E-state index contributed by atoms with van der Waals surface area (Å²) in [5.41, 5.74) is 0. The van der Waals surface area contributed by atoms with Gasteiger partial charge in [0.05, 0.1) is 18.9 Å². The molecule has 1 amide bonds. The first-order valence-electron chi connectivity index (χ1n) is 10.4. The molecule has 0 saturated carbocycles. The SMILES string of the molecule is CC(C)N1CCN(C(=O)CN2CCN(c3ncc(F)cn3)CC2)CC1.CCC. The second-order valence-corrected chi connectivity index (χ2v) is 7.68. The Kier molecular flexibility index (Phi) is 9.05. The van der Waals surface area contributed by atoms with Gasteiger partial charge in [0.15, 0.2) is 5.82 Å². The second-order valence-electron chi connectivity index (χ2n) is 7.68. The molecule has 0 N–H and O–H groups in total. The van der Waals surface area contributed by atoms with Crippen molar-refractivity contribution in [2.75, 3.05) is 63.8 Å². The van der Waals surface area contributed by atoms with E-state index in [1.54, 1.807) is 0 Å². The lowest BCUT2D eigenvalue weighted by molar-refractivity contribution is -0.134. The van der Waals surface area contributed by atoms with Gasteiger partial charge in [-0.1, -0.05) is 20.3 Å². The van der Waals surface area contributed by atoms with Crippen LogP contribution in [0.4, 0.5) is 10.3 Å². The maximum absolute atomic E-state index is 12.9. The molecule has 0 aromatic carbocycles. The van der Waals surface area contributed by atoms with Gasteiger partial charge in [-0.3, -0.25) is 14.6 Å². The molecule has 0 atom stereocenters. The van der Waals surface area contributed by atoms with Gasteiger partial charge in [0.2, 0.25) is 11.9 Å². The van der Waals surface area contributed by atoms with Gasteiger partial charge in [-0.25, -0.2) is 14.4 Å². The van der Waals surface area contributed by atoms with Crippen molar-refractivity contribution in [2.45, 2.75) is 40.2 Å². The number of hydrogen-bond donors (Lipinski definition) is 0. The standard InChI is InChI=1S/C17H27FN6O.C3H8/c1-14(2)22-7-9-23(10-8-22)16(25)13-21-3-5-24(6-4-21)17-19-11-15(18)12-20-17;1-3-2/h11-12,14H,3-10,13H2,1-2H3;3H2,1-2H3. The van der Waals surface area contributed by atoms with Crippen LogP contribution >= 0.6 is 0 Å². The normalized spacial score (nSPS) is 18.8. The van der Waals surface area contributed by atoms with Crippen molar-refractivity contribution in [1.82, 2.24) is 24.7 Å². The quantitative estimate of drug-likeness (QED) is 0.775.